The van der Waals surface area contributed by atoms with Crippen molar-refractivity contribution in [3.8, 4) is 0 Å². The molecule has 0 radical (unpaired) electrons. The van der Waals surface area contributed by atoms with Gasteiger partial charge in [0.25, 0.3) is 0 Å². The standard InChI is InChI=1S/C12H14ClN3O2/c13-12-9-3-1-2-4-10(9)16(15-12)7-5-11(18)14-6-8-17/h1-4,17H,5-8H2,(H,14,18). The Bertz CT molecular complexity index is 553. The van der Waals surface area contributed by atoms with E-state index < -0.39 is 0 Å². The summed E-state index contributed by atoms with van der Waals surface area (Å²) < 4.78 is 1.72. The van der Waals surface area contributed by atoms with Gasteiger partial charge in [0.05, 0.1) is 18.7 Å². The van der Waals surface area contributed by atoms with Gasteiger partial charge in [-0.05, 0) is 12.1 Å². The summed E-state index contributed by atoms with van der Waals surface area (Å²) in [6.45, 7) is 0.687. The number of carbonyl (C=O) groups excluding carboxylic acids is 1. The molecule has 1 aromatic carbocycles. The molecule has 18 heavy (non-hydrogen) atoms. The van der Waals surface area contributed by atoms with Gasteiger partial charge in [0, 0.05) is 18.4 Å². The van der Waals surface area contributed by atoms with Crippen LogP contribution in [0.5, 0.6) is 0 Å². The maximum absolute atomic E-state index is 11.4. The molecule has 0 aliphatic heterocycles. The van der Waals surface area contributed by atoms with Gasteiger partial charge < -0.3 is 10.4 Å². The van der Waals surface area contributed by atoms with Crippen LogP contribution in [0.1, 0.15) is 6.42 Å². The number of nitrogens with one attached hydrogen (secondary N) is 1. The van der Waals surface area contributed by atoms with Crippen molar-refractivity contribution in [2.45, 2.75) is 13.0 Å². The Balaban J connectivity index is 2.06. The number of aliphatic hydroxyl groups is 1. The summed E-state index contributed by atoms with van der Waals surface area (Å²) >= 11 is 6.01. The Kier molecular flexibility index (Phi) is 4.17. The molecular formula is C12H14ClN3O2. The number of hydrogen-bond acceptors (Lipinski definition) is 3. The molecule has 1 amide bonds. The molecule has 2 rings (SSSR count). The van der Waals surface area contributed by atoms with E-state index in [0.717, 1.165) is 10.9 Å². The Labute approximate surface area is 109 Å². The SMILES string of the molecule is O=C(CCn1nc(Cl)c2ccccc21)NCCO. The van der Waals surface area contributed by atoms with Gasteiger partial charge in [-0.3, -0.25) is 9.48 Å². The molecule has 0 saturated carbocycles. The fourth-order valence-electron chi connectivity index (χ4n) is 1.75. The highest BCUT2D eigenvalue weighted by atomic mass is 35.5. The molecular weight excluding hydrogens is 254 g/mol. The summed E-state index contributed by atoms with van der Waals surface area (Å²) in [6, 6.07) is 7.61. The fourth-order valence-corrected chi connectivity index (χ4v) is 2.00. The molecule has 0 aliphatic rings. The smallest absolute Gasteiger partial charge is 0.221 e. The first-order chi connectivity index (χ1) is 8.72. The van der Waals surface area contributed by atoms with Crippen LogP contribution in [-0.4, -0.2) is 33.9 Å². The lowest BCUT2D eigenvalue weighted by molar-refractivity contribution is -0.121. The van der Waals surface area contributed by atoms with Crippen molar-refractivity contribution in [1.29, 1.82) is 0 Å². The predicted molar refractivity (Wildman–Crippen MR) is 69.5 cm³/mol. The third kappa shape index (κ3) is 2.80. The molecule has 0 bridgehead atoms. The fraction of sp³-hybridized carbons (Fsp3) is 0.333. The second-order valence-corrected chi connectivity index (χ2v) is 4.21. The van der Waals surface area contributed by atoms with Crippen molar-refractivity contribution in [2.75, 3.05) is 13.2 Å². The van der Waals surface area contributed by atoms with Crippen LogP contribution >= 0.6 is 11.6 Å². The lowest BCUT2D eigenvalue weighted by Crippen LogP contribution is -2.27. The highest BCUT2D eigenvalue weighted by molar-refractivity contribution is 6.34. The van der Waals surface area contributed by atoms with E-state index in [4.69, 9.17) is 16.7 Å². The third-order valence-electron chi connectivity index (χ3n) is 2.60. The number of para-hydroxylation sites is 1. The van der Waals surface area contributed by atoms with Crippen LogP contribution < -0.4 is 5.32 Å². The minimum Gasteiger partial charge on any atom is -0.395 e. The van der Waals surface area contributed by atoms with Crippen LogP contribution in [0.2, 0.25) is 5.15 Å². The van der Waals surface area contributed by atoms with Crippen molar-refractivity contribution < 1.29 is 9.90 Å². The summed E-state index contributed by atoms with van der Waals surface area (Å²) in [4.78, 5) is 11.4. The van der Waals surface area contributed by atoms with E-state index >= 15 is 0 Å². The summed E-state index contributed by atoms with van der Waals surface area (Å²) in [7, 11) is 0. The molecule has 2 N–H and O–H groups in total. The zero-order valence-electron chi connectivity index (χ0n) is 9.77. The minimum absolute atomic E-state index is 0.0533. The normalized spacial score (nSPS) is 10.8. The molecule has 0 unspecified atom stereocenters. The van der Waals surface area contributed by atoms with E-state index in [1.165, 1.54) is 0 Å². The molecule has 0 spiro atoms. The highest BCUT2D eigenvalue weighted by Gasteiger charge is 2.09. The van der Waals surface area contributed by atoms with E-state index in [0.29, 0.717) is 18.1 Å². The molecule has 0 atom stereocenters. The Morgan fingerprint density at radius 3 is 3.00 bits per heavy atom. The molecule has 5 nitrogen and oxygen atoms in total. The van der Waals surface area contributed by atoms with E-state index in [2.05, 4.69) is 10.4 Å². The average molecular weight is 268 g/mol. The maximum Gasteiger partial charge on any atom is 0.221 e. The number of aromatic nitrogens is 2. The van der Waals surface area contributed by atoms with Gasteiger partial charge in [-0.15, -0.1) is 0 Å². The van der Waals surface area contributed by atoms with E-state index in [-0.39, 0.29) is 19.1 Å². The molecule has 0 fully saturated rings. The molecule has 2 aromatic rings. The quantitative estimate of drug-likeness (QED) is 0.855. The Morgan fingerprint density at radius 2 is 2.22 bits per heavy atom. The molecule has 6 heteroatoms. The van der Waals surface area contributed by atoms with Crippen LogP contribution in [0.15, 0.2) is 24.3 Å². The van der Waals surface area contributed by atoms with Gasteiger partial charge in [-0.25, -0.2) is 0 Å². The first-order valence-corrected chi connectivity index (χ1v) is 6.09. The number of nitrogens with zero attached hydrogens (tertiary/aromatic N) is 2. The van der Waals surface area contributed by atoms with Crippen LogP contribution in [0.4, 0.5) is 0 Å². The summed E-state index contributed by atoms with van der Waals surface area (Å²) in [5.41, 5.74) is 0.914. The number of aliphatic hydroxyl groups excluding tert-OH is 1. The maximum atomic E-state index is 11.4. The zero-order valence-corrected chi connectivity index (χ0v) is 10.5. The number of halogens is 1. The monoisotopic (exact) mass is 267 g/mol. The lowest BCUT2D eigenvalue weighted by Gasteiger charge is -2.04. The molecule has 0 saturated heterocycles. The number of hydrogen-bond donors (Lipinski definition) is 2. The van der Waals surface area contributed by atoms with Gasteiger partial charge >= 0.3 is 0 Å². The topological polar surface area (TPSA) is 67.2 Å². The molecule has 0 aliphatic carbocycles. The van der Waals surface area contributed by atoms with Gasteiger partial charge in [0.1, 0.15) is 0 Å². The van der Waals surface area contributed by atoms with Crippen LogP contribution in [0.3, 0.4) is 0 Å². The van der Waals surface area contributed by atoms with Crippen molar-refractivity contribution in [2.24, 2.45) is 0 Å². The van der Waals surface area contributed by atoms with Crippen molar-refractivity contribution in [3.63, 3.8) is 0 Å². The number of aryl methyl sites for hydroxylation is 1. The largest absolute Gasteiger partial charge is 0.395 e. The highest BCUT2D eigenvalue weighted by Crippen LogP contribution is 2.22. The van der Waals surface area contributed by atoms with E-state index in [9.17, 15) is 4.79 Å². The first-order valence-electron chi connectivity index (χ1n) is 5.71. The lowest BCUT2D eigenvalue weighted by atomic mass is 10.2. The first kappa shape index (κ1) is 12.9. The predicted octanol–water partition coefficient (Wildman–Crippen LogP) is 1.19. The Hall–Kier alpha value is -1.59. The minimum atomic E-state index is -0.111. The van der Waals surface area contributed by atoms with Gasteiger partial charge in [-0.1, -0.05) is 23.7 Å². The van der Waals surface area contributed by atoms with Crippen LogP contribution in [-0.2, 0) is 11.3 Å². The Morgan fingerprint density at radius 1 is 1.44 bits per heavy atom. The number of carbonyl (C=O) groups is 1. The number of rotatable bonds is 5. The molecule has 1 aromatic heterocycles. The van der Waals surface area contributed by atoms with Gasteiger partial charge in [0.15, 0.2) is 5.15 Å². The molecule has 96 valence electrons. The summed E-state index contributed by atoms with van der Waals surface area (Å²) in [6.07, 6.45) is 0.308. The average Bonchev–Trinajstić information content (AvgIpc) is 2.71. The van der Waals surface area contributed by atoms with E-state index in [1.807, 2.05) is 24.3 Å². The molecule has 1 heterocycles. The summed E-state index contributed by atoms with van der Waals surface area (Å²) in [5, 5.41) is 16.7. The number of benzene rings is 1. The second kappa shape index (κ2) is 5.84. The van der Waals surface area contributed by atoms with Gasteiger partial charge in [0.2, 0.25) is 5.91 Å². The number of fused-ring (bicyclic) bond motifs is 1. The van der Waals surface area contributed by atoms with Crippen molar-refractivity contribution in [1.82, 2.24) is 15.1 Å². The number of amides is 1. The summed E-state index contributed by atoms with van der Waals surface area (Å²) in [5.74, 6) is -0.111. The van der Waals surface area contributed by atoms with Crippen LogP contribution in [0, 0.1) is 0 Å². The second-order valence-electron chi connectivity index (χ2n) is 3.85. The van der Waals surface area contributed by atoms with Crippen molar-refractivity contribution in [3.05, 3.63) is 29.4 Å². The van der Waals surface area contributed by atoms with Crippen LogP contribution in [0.25, 0.3) is 10.9 Å². The third-order valence-corrected chi connectivity index (χ3v) is 2.88. The van der Waals surface area contributed by atoms with E-state index in [1.54, 1.807) is 4.68 Å². The zero-order chi connectivity index (χ0) is 13.0. The van der Waals surface area contributed by atoms with Crippen molar-refractivity contribution >= 4 is 28.4 Å². The van der Waals surface area contributed by atoms with Gasteiger partial charge in [-0.2, -0.15) is 5.10 Å².